The molecule has 5 atom stereocenters. The van der Waals surface area contributed by atoms with Gasteiger partial charge < -0.3 is 24.8 Å². The number of cyclic esters (lactones) is 1. The van der Waals surface area contributed by atoms with Crippen molar-refractivity contribution in [3.8, 4) is 11.5 Å². The van der Waals surface area contributed by atoms with Gasteiger partial charge in [-0.25, -0.2) is 9.59 Å². The molecule has 1 aromatic rings. The van der Waals surface area contributed by atoms with Crippen LogP contribution in [0.5, 0.6) is 11.5 Å². The second-order valence-corrected chi connectivity index (χ2v) is 7.17. The highest BCUT2D eigenvalue weighted by Crippen LogP contribution is 2.45. The van der Waals surface area contributed by atoms with E-state index in [1.54, 1.807) is 6.08 Å². The number of aliphatic hydroxyl groups is 1. The summed E-state index contributed by atoms with van der Waals surface area (Å²) in [5, 5.41) is 29.0. The predicted octanol–water partition coefficient (Wildman–Crippen LogP) is 1.48. The number of Topliss-reactive ketones (excluding diaryl/α,β-unsaturated/α-hetero) is 1. The quantitative estimate of drug-likeness (QED) is 0.355. The minimum absolute atomic E-state index is 0.274. The Morgan fingerprint density at radius 2 is 2.03 bits per heavy atom. The fraction of sp³-hybridized carbons (Fsp3) is 0.381. The number of hydrogen-bond acceptors (Lipinski definition) is 8. The summed E-state index contributed by atoms with van der Waals surface area (Å²) in [6.45, 7) is 1.46. The van der Waals surface area contributed by atoms with E-state index < -0.39 is 36.2 Å². The summed E-state index contributed by atoms with van der Waals surface area (Å²) in [5.74, 6) is -2.91. The van der Waals surface area contributed by atoms with Crippen LogP contribution in [0, 0.1) is 11.8 Å². The summed E-state index contributed by atoms with van der Waals surface area (Å²) in [6.07, 6.45) is 3.67. The maximum absolute atomic E-state index is 12.5. The van der Waals surface area contributed by atoms with Gasteiger partial charge in [0.25, 0.3) is 0 Å². The number of phenolic OH excluding ortho intramolecular Hbond substituents is 2. The second-order valence-electron chi connectivity index (χ2n) is 7.17. The molecule has 0 radical (unpaired) electrons. The molecule has 8 heteroatoms. The molecule has 3 N–H and O–H groups in total. The van der Waals surface area contributed by atoms with Crippen molar-refractivity contribution in [1.29, 1.82) is 0 Å². The summed E-state index contributed by atoms with van der Waals surface area (Å²) in [5.41, 5.74) is 0.470. The molecule has 154 valence electrons. The van der Waals surface area contributed by atoms with E-state index in [4.69, 9.17) is 9.47 Å². The Balaban J connectivity index is 1.49. The predicted molar refractivity (Wildman–Crippen MR) is 101 cm³/mol. The number of hydrogen-bond donors (Lipinski definition) is 3. The summed E-state index contributed by atoms with van der Waals surface area (Å²) in [7, 11) is 0. The monoisotopic (exact) mass is 402 g/mol. The Morgan fingerprint density at radius 3 is 2.72 bits per heavy atom. The van der Waals surface area contributed by atoms with Crippen LogP contribution in [-0.4, -0.2) is 51.4 Å². The molecule has 0 bridgehead atoms. The highest BCUT2D eigenvalue weighted by Gasteiger charge is 2.51. The average Bonchev–Trinajstić information content (AvgIpc) is 3.48. The first-order chi connectivity index (χ1) is 13.8. The first kappa shape index (κ1) is 20.6. The molecule has 8 nitrogen and oxygen atoms in total. The highest BCUT2D eigenvalue weighted by molar-refractivity contribution is 5.93. The number of ether oxygens (including phenoxy) is 2. The average molecular weight is 402 g/mol. The summed E-state index contributed by atoms with van der Waals surface area (Å²) < 4.78 is 10.2. The number of carbonyl (C=O) groups excluding carboxylic acids is 3. The zero-order valence-corrected chi connectivity index (χ0v) is 15.7. The van der Waals surface area contributed by atoms with Crippen LogP contribution in [0.2, 0.25) is 0 Å². The third-order valence-corrected chi connectivity index (χ3v) is 5.02. The van der Waals surface area contributed by atoms with Crippen LogP contribution in [0.25, 0.3) is 6.08 Å². The number of aliphatic hydroxyl groups excluding tert-OH is 1. The molecular formula is C21H22O8. The SMILES string of the molecule is C[C@@H](OC(=O)C=Cc1ccc(O)c(O)c1)C(=O)[C@H]1C[C@@H]1[C@H](O)[C@H]1CC=CC(=O)O1. The lowest BCUT2D eigenvalue weighted by Crippen LogP contribution is -2.35. The van der Waals surface area contributed by atoms with Gasteiger partial charge in [-0.3, -0.25) is 4.79 Å². The molecule has 2 aliphatic rings. The molecule has 0 aromatic heterocycles. The van der Waals surface area contributed by atoms with Gasteiger partial charge in [0.05, 0.1) is 6.10 Å². The molecule has 1 saturated carbocycles. The number of ketones is 1. The minimum atomic E-state index is -0.989. The van der Waals surface area contributed by atoms with Crippen molar-refractivity contribution in [2.75, 3.05) is 0 Å². The van der Waals surface area contributed by atoms with E-state index >= 15 is 0 Å². The number of rotatable bonds is 7. The maximum Gasteiger partial charge on any atom is 0.331 e. The molecule has 1 aromatic carbocycles. The summed E-state index contributed by atoms with van der Waals surface area (Å²) >= 11 is 0. The molecule has 1 fully saturated rings. The summed E-state index contributed by atoms with van der Waals surface area (Å²) in [6, 6.07) is 4.05. The van der Waals surface area contributed by atoms with Crippen LogP contribution >= 0.6 is 0 Å². The van der Waals surface area contributed by atoms with Gasteiger partial charge in [-0.1, -0.05) is 12.1 Å². The first-order valence-electron chi connectivity index (χ1n) is 9.26. The molecule has 0 unspecified atom stereocenters. The van der Waals surface area contributed by atoms with Gasteiger partial charge in [-0.2, -0.15) is 0 Å². The van der Waals surface area contributed by atoms with Gasteiger partial charge in [0, 0.05) is 24.5 Å². The highest BCUT2D eigenvalue weighted by atomic mass is 16.6. The van der Waals surface area contributed by atoms with Gasteiger partial charge >= 0.3 is 11.9 Å². The zero-order chi connectivity index (χ0) is 21.1. The van der Waals surface area contributed by atoms with Crippen LogP contribution in [0.15, 0.2) is 36.4 Å². The van der Waals surface area contributed by atoms with Crippen LogP contribution in [0.3, 0.4) is 0 Å². The number of aromatic hydroxyl groups is 2. The van der Waals surface area contributed by atoms with Gasteiger partial charge in [0.2, 0.25) is 0 Å². The number of phenols is 2. The van der Waals surface area contributed by atoms with Crippen LogP contribution in [-0.2, 0) is 23.9 Å². The van der Waals surface area contributed by atoms with Gasteiger partial charge in [0.15, 0.2) is 23.4 Å². The third kappa shape index (κ3) is 5.03. The standard InChI is InChI=1S/C21H22O8/c1-11(28-19(25)8-6-12-5-7-15(22)16(23)9-12)20(26)13-10-14(13)21(27)17-3-2-4-18(24)29-17/h2,4-9,11,13-14,17,21-23,27H,3,10H2,1H3/t11-,13+,14+,17-,21+/m1/s1. The van der Waals surface area contributed by atoms with Gasteiger partial charge in [-0.05, 0) is 43.0 Å². The van der Waals surface area contributed by atoms with Crippen molar-refractivity contribution in [3.05, 3.63) is 42.0 Å². The molecular weight excluding hydrogens is 380 g/mol. The van der Waals surface area contributed by atoms with Gasteiger partial charge in [0.1, 0.15) is 6.10 Å². The maximum atomic E-state index is 12.5. The fourth-order valence-electron chi connectivity index (χ4n) is 3.32. The normalized spacial score (nSPS) is 25.3. The van der Waals surface area contributed by atoms with Crippen molar-refractivity contribution >= 4 is 23.8 Å². The fourth-order valence-corrected chi connectivity index (χ4v) is 3.32. The van der Waals surface area contributed by atoms with Gasteiger partial charge in [-0.15, -0.1) is 0 Å². The van der Waals surface area contributed by atoms with E-state index in [0.717, 1.165) is 6.08 Å². The van der Waals surface area contributed by atoms with Crippen molar-refractivity contribution < 1.29 is 39.2 Å². The minimum Gasteiger partial charge on any atom is -0.504 e. The Labute approximate surface area is 167 Å². The Morgan fingerprint density at radius 1 is 1.28 bits per heavy atom. The Kier molecular flexibility index (Phi) is 6.03. The smallest absolute Gasteiger partial charge is 0.331 e. The first-order valence-corrected chi connectivity index (χ1v) is 9.26. The number of benzene rings is 1. The number of esters is 2. The van der Waals surface area contributed by atoms with E-state index in [-0.39, 0.29) is 23.2 Å². The van der Waals surface area contributed by atoms with E-state index in [9.17, 15) is 29.7 Å². The van der Waals surface area contributed by atoms with E-state index in [1.807, 2.05) is 0 Å². The summed E-state index contributed by atoms with van der Waals surface area (Å²) in [4.78, 5) is 35.7. The zero-order valence-electron chi connectivity index (χ0n) is 15.7. The van der Waals surface area contributed by atoms with Crippen molar-refractivity contribution in [2.24, 2.45) is 11.8 Å². The van der Waals surface area contributed by atoms with Crippen molar-refractivity contribution in [1.82, 2.24) is 0 Å². The topological polar surface area (TPSA) is 130 Å². The largest absolute Gasteiger partial charge is 0.504 e. The molecule has 1 heterocycles. The number of carbonyl (C=O) groups is 3. The Hall–Kier alpha value is -3.13. The molecule has 0 saturated heterocycles. The lowest BCUT2D eigenvalue weighted by molar-refractivity contribution is -0.152. The van der Waals surface area contributed by atoms with Crippen LogP contribution < -0.4 is 0 Å². The van der Waals surface area contributed by atoms with E-state index in [2.05, 4.69) is 0 Å². The molecule has 1 aliphatic heterocycles. The van der Waals surface area contributed by atoms with Crippen LogP contribution in [0.4, 0.5) is 0 Å². The molecule has 3 rings (SSSR count). The van der Waals surface area contributed by atoms with E-state index in [0.29, 0.717) is 18.4 Å². The molecule has 29 heavy (non-hydrogen) atoms. The molecule has 1 aliphatic carbocycles. The Bertz CT molecular complexity index is 871. The third-order valence-electron chi connectivity index (χ3n) is 5.02. The lowest BCUT2D eigenvalue weighted by Gasteiger charge is -2.24. The van der Waals surface area contributed by atoms with E-state index in [1.165, 1.54) is 37.3 Å². The van der Waals surface area contributed by atoms with Crippen molar-refractivity contribution in [2.45, 2.75) is 38.1 Å². The van der Waals surface area contributed by atoms with Crippen LogP contribution in [0.1, 0.15) is 25.3 Å². The second kappa shape index (κ2) is 8.48. The van der Waals surface area contributed by atoms with Crippen molar-refractivity contribution in [3.63, 3.8) is 0 Å². The molecule has 0 amide bonds. The lowest BCUT2D eigenvalue weighted by atomic mass is 10.0. The molecule has 0 spiro atoms.